The van der Waals surface area contributed by atoms with Gasteiger partial charge in [0.15, 0.2) is 0 Å². The minimum Gasteiger partial charge on any atom is -0.495 e. The van der Waals surface area contributed by atoms with E-state index in [1.807, 2.05) is 36.4 Å². The van der Waals surface area contributed by atoms with Crippen molar-refractivity contribution in [2.45, 2.75) is 6.42 Å². The average molecular weight is 386 g/mol. The lowest BCUT2D eigenvalue weighted by Gasteiger charge is -2.21. The number of hydrogen-bond donors (Lipinski definition) is 1. The molecule has 1 fully saturated rings. The summed E-state index contributed by atoms with van der Waals surface area (Å²) in [5.74, 6) is 1.46. The third-order valence-corrected chi connectivity index (χ3v) is 5.08. The predicted molar refractivity (Wildman–Crippen MR) is 101 cm³/mol. The van der Waals surface area contributed by atoms with Crippen LogP contribution in [0.4, 0.5) is 11.4 Å². The number of ether oxygens (including phenoxy) is 1. The van der Waals surface area contributed by atoms with Crippen LogP contribution in [0.15, 0.2) is 46.9 Å². The molecular weight excluding hydrogens is 366 g/mol. The molecule has 1 aliphatic rings. The minimum atomic E-state index is 0.542. The molecule has 1 saturated heterocycles. The second-order valence-corrected chi connectivity index (χ2v) is 6.78. The van der Waals surface area contributed by atoms with E-state index in [0.29, 0.717) is 11.5 Å². The number of halogens is 1. The van der Waals surface area contributed by atoms with Gasteiger partial charge in [-0.15, -0.1) is 0 Å². The van der Waals surface area contributed by atoms with Gasteiger partial charge in [-0.2, -0.15) is 5.26 Å². The molecule has 1 heterocycles. The van der Waals surface area contributed by atoms with Crippen LogP contribution in [0.5, 0.6) is 5.75 Å². The van der Waals surface area contributed by atoms with E-state index < -0.39 is 0 Å². The molecule has 5 heteroatoms. The Kier molecular flexibility index (Phi) is 5.27. The number of nitrogens with one attached hydrogen (secondary N) is 1. The summed E-state index contributed by atoms with van der Waals surface area (Å²) in [5.41, 5.74) is 2.71. The summed E-state index contributed by atoms with van der Waals surface area (Å²) in [6.45, 7) is 2.87. The highest BCUT2D eigenvalue weighted by Gasteiger charge is 2.24. The van der Waals surface area contributed by atoms with Crippen LogP contribution in [0.2, 0.25) is 0 Å². The number of nitriles is 1. The average Bonchev–Trinajstić information content (AvgIpc) is 3.08. The van der Waals surface area contributed by atoms with Gasteiger partial charge in [-0.3, -0.25) is 0 Å². The fourth-order valence-electron chi connectivity index (χ4n) is 3.15. The quantitative estimate of drug-likeness (QED) is 0.834. The third-order valence-electron chi connectivity index (χ3n) is 4.42. The lowest BCUT2D eigenvalue weighted by molar-refractivity contribution is 0.414. The van der Waals surface area contributed by atoms with Gasteiger partial charge < -0.3 is 15.0 Å². The molecular formula is C19H20BrN3O. The molecule has 0 aliphatic carbocycles. The molecule has 0 radical (unpaired) electrons. The van der Waals surface area contributed by atoms with Crippen molar-refractivity contribution in [2.24, 2.45) is 5.92 Å². The van der Waals surface area contributed by atoms with E-state index in [1.165, 1.54) is 0 Å². The fraction of sp³-hybridized carbons (Fsp3) is 0.316. The number of anilines is 2. The van der Waals surface area contributed by atoms with Gasteiger partial charge in [-0.25, -0.2) is 0 Å². The summed E-state index contributed by atoms with van der Waals surface area (Å²) in [4.78, 5) is 2.37. The normalized spacial score (nSPS) is 16.7. The first-order chi connectivity index (χ1) is 11.7. The van der Waals surface area contributed by atoms with Gasteiger partial charge in [-0.05, 0) is 52.5 Å². The van der Waals surface area contributed by atoms with Crippen molar-refractivity contribution in [3.8, 4) is 11.8 Å². The molecule has 2 aromatic rings. The Morgan fingerprint density at radius 3 is 2.92 bits per heavy atom. The molecule has 0 aromatic heterocycles. The first kappa shape index (κ1) is 16.7. The molecule has 2 aromatic carbocycles. The van der Waals surface area contributed by atoms with Gasteiger partial charge in [0.05, 0.1) is 24.0 Å². The number of para-hydroxylation sites is 2. The van der Waals surface area contributed by atoms with Gasteiger partial charge in [0, 0.05) is 24.1 Å². The maximum atomic E-state index is 9.30. The summed E-state index contributed by atoms with van der Waals surface area (Å²) in [6.07, 6.45) is 1.13. The maximum Gasteiger partial charge on any atom is 0.142 e. The monoisotopic (exact) mass is 385 g/mol. The van der Waals surface area contributed by atoms with Gasteiger partial charge in [0.25, 0.3) is 0 Å². The number of benzene rings is 2. The van der Waals surface area contributed by atoms with Gasteiger partial charge in [-0.1, -0.05) is 18.2 Å². The zero-order valence-corrected chi connectivity index (χ0v) is 15.2. The van der Waals surface area contributed by atoms with Gasteiger partial charge in [0.1, 0.15) is 11.8 Å². The molecule has 3 rings (SSSR count). The molecule has 1 aliphatic heterocycles. The lowest BCUT2D eigenvalue weighted by atomic mass is 10.1. The second-order valence-electron chi connectivity index (χ2n) is 5.93. The van der Waals surface area contributed by atoms with E-state index >= 15 is 0 Å². The molecule has 0 amide bonds. The standard InChI is InChI=1S/C19H20BrN3O/c1-24-19-8-3-2-7-18(19)23-10-9-14(13-23)12-22-17-6-4-5-16(20)15(17)11-21/h2-8,14,22H,9-10,12-13H2,1H3/t14-/m0/s1. The Morgan fingerprint density at radius 1 is 1.29 bits per heavy atom. The van der Waals surface area contributed by atoms with Crippen molar-refractivity contribution in [3.63, 3.8) is 0 Å². The van der Waals surface area contributed by atoms with Gasteiger partial charge in [0.2, 0.25) is 0 Å². The summed E-state index contributed by atoms with van der Waals surface area (Å²) in [6, 6.07) is 16.2. The molecule has 1 N–H and O–H groups in total. The largest absolute Gasteiger partial charge is 0.495 e. The highest BCUT2D eigenvalue weighted by Crippen LogP contribution is 2.32. The second kappa shape index (κ2) is 7.59. The van der Waals surface area contributed by atoms with Crippen molar-refractivity contribution >= 4 is 27.3 Å². The summed E-state index contributed by atoms with van der Waals surface area (Å²) in [7, 11) is 1.71. The predicted octanol–water partition coefficient (Wildman–Crippen LogP) is 4.27. The Morgan fingerprint density at radius 2 is 2.12 bits per heavy atom. The Balaban J connectivity index is 1.63. The molecule has 0 bridgehead atoms. The highest BCUT2D eigenvalue weighted by atomic mass is 79.9. The summed E-state index contributed by atoms with van der Waals surface area (Å²) < 4.78 is 6.30. The summed E-state index contributed by atoms with van der Waals surface area (Å²) in [5, 5.41) is 12.7. The van der Waals surface area contributed by atoms with E-state index in [0.717, 1.165) is 47.7 Å². The lowest BCUT2D eigenvalue weighted by Crippen LogP contribution is -2.23. The van der Waals surface area contributed by atoms with Crippen LogP contribution in [-0.2, 0) is 0 Å². The number of hydrogen-bond acceptors (Lipinski definition) is 4. The van der Waals surface area contributed by atoms with Crippen molar-refractivity contribution in [1.29, 1.82) is 5.26 Å². The molecule has 1 atom stereocenters. The maximum absolute atomic E-state index is 9.30. The minimum absolute atomic E-state index is 0.542. The molecule has 0 saturated carbocycles. The third kappa shape index (κ3) is 3.49. The first-order valence-corrected chi connectivity index (χ1v) is 8.82. The molecule has 24 heavy (non-hydrogen) atoms. The smallest absolute Gasteiger partial charge is 0.142 e. The molecule has 0 unspecified atom stereocenters. The zero-order chi connectivity index (χ0) is 16.9. The van der Waals surface area contributed by atoms with Crippen LogP contribution in [0.1, 0.15) is 12.0 Å². The molecule has 4 nitrogen and oxygen atoms in total. The zero-order valence-electron chi connectivity index (χ0n) is 13.6. The topological polar surface area (TPSA) is 48.3 Å². The van der Waals surface area contributed by atoms with E-state index in [9.17, 15) is 5.26 Å². The van der Waals surface area contributed by atoms with Crippen LogP contribution in [-0.4, -0.2) is 26.7 Å². The Labute approximate surface area is 151 Å². The van der Waals surface area contributed by atoms with Crippen LogP contribution in [0.3, 0.4) is 0 Å². The molecule has 124 valence electrons. The van der Waals surface area contributed by atoms with Crippen molar-refractivity contribution in [2.75, 3.05) is 37.0 Å². The SMILES string of the molecule is COc1ccccc1N1CC[C@@H](CNc2cccc(Br)c2C#N)C1. The van der Waals surface area contributed by atoms with Crippen molar-refractivity contribution in [3.05, 3.63) is 52.5 Å². The summed E-state index contributed by atoms with van der Waals surface area (Å²) >= 11 is 3.43. The van der Waals surface area contributed by atoms with Gasteiger partial charge >= 0.3 is 0 Å². The number of methoxy groups -OCH3 is 1. The highest BCUT2D eigenvalue weighted by molar-refractivity contribution is 9.10. The van der Waals surface area contributed by atoms with E-state index in [2.05, 4.69) is 38.3 Å². The van der Waals surface area contributed by atoms with Crippen molar-refractivity contribution in [1.82, 2.24) is 0 Å². The van der Waals surface area contributed by atoms with Crippen LogP contribution >= 0.6 is 15.9 Å². The van der Waals surface area contributed by atoms with Crippen LogP contribution in [0.25, 0.3) is 0 Å². The number of nitrogens with zero attached hydrogens (tertiary/aromatic N) is 2. The fourth-order valence-corrected chi connectivity index (χ4v) is 3.60. The van der Waals surface area contributed by atoms with Crippen LogP contribution in [0, 0.1) is 17.2 Å². The number of rotatable bonds is 5. The van der Waals surface area contributed by atoms with Crippen molar-refractivity contribution < 1.29 is 4.74 Å². The van der Waals surface area contributed by atoms with E-state index in [4.69, 9.17) is 4.74 Å². The van der Waals surface area contributed by atoms with Crippen LogP contribution < -0.4 is 15.0 Å². The Bertz CT molecular complexity index is 757. The first-order valence-electron chi connectivity index (χ1n) is 8.03. The van der Waals surface area contributed by atoms with E-state index in [1.54, 1.807) is 7.11 Å². The Hall–Kier alpha value is -2.19. The van der Waals surface area contributed by atoms with E-state index in [-0.39, 0.29) is 0 Å². The molecule has 0 spiro atoms.